The van der Waals surface area contributed by atoms with E-state index in [2.05, 4.69) is 0 Å². The first-order valence-electron chi connectivity index (χ1n) is 4.52. The molecule has 0 heterocycles. The molecule has 0 aliphatic heterocycles. The number of hydrogen-bond donors (Lipinski definition) is 8. The van der Waals surface area contributed by atoms with Crippen LogP contribution in [0, 0.1) is 80.9 Å². The Balaban J connectivity index is -0.00000000522. The van der Waals surface area contributed by atoms with Crippen molar-refractivity contribution in [1.82, 2.24) is 0 Å². The Morgan fingerprint density at radius 1 is 0.244 bits per heavy atom. The first-order chi connectivity index (χ1) is 13.9. The van der Waals surface area contributed by atoms with Crippen molar-refractivity contribution < 1.29 is 361 Å². The molecule has 0 atom stereocenters. The van der Waals surface area contributed by atoms with Crippen LogP contribution in [-0.4, -0.2) is 82.4 Å². The van der Waals surface area contributed by atoms with Crippen LogP contribution in [0.15, 0.2) is 0 Å². The minimum absolute atomic E-state index is 0. The predicted octanol–water partition coefficient (Wildman–Crippen LogP) is -28.7. The van der Waals surface area contributed by atoms with Crippen LogP contribution in [0.1, 0.15) is 12.8 Å². The van der Waals surface area contributed by atoms with Crippen LogP contribution in [0.25, 0.3) is 0 Å². The van der Waals surface area contributed by atoms with Gasteiger partial charge in [-0.15, -0.1) is 80.9 Å². The fourth-order valence-corrected chi connectivity index (χ4v) is 0. The van der Waals surface area contributed by atoms with E-state index in [0.29, 0.717) is 0 Å². The summed E-state index contributed by atoms with van der Waals surface area (Å²) in [5, 5.41) is 109. The quantitative estimate of drug-likeness (QED) is 0.0654. The van der Waals surface area contributed by atoms with Gasteiger partial charge >= 0.3 is 266 Å². The van der Waals surface area contributed by atoms with Gasteiger partial charge in [-0.1, -0.05) is 0 Å². The van der Waals surface area contributed by atoms with Gasteiger partial charge in [0.15, 0.2) is 0 Å². The molecule has 0 bridgehead atoms. The van der Waals surface area contributed by atoms with Gasteiger partial charge in [0, 0.05) is 0 Å². The largest absolute Gasteiger partial charge is 1.00 e. The van der Waals surface area contributed by atoms with Crippen molar-refractivity contribution in [2.24, 2.45) is 0 Å². The molecular formula is H17N8Na9O24. The molecule has 32 nitrogen and oxygen atoms in total. The molecule has 0 aromatic heterocycles. The molecule has 0 saturated heterocycles. The van der Waals surface area contributed by atoms with Crippen molar-refractivity contribution in [3.05, 3.63) is 80.9 Å². The maximum absolute atomic E-state index is 8.36. The van der Waals surface area contributed by atoms with E-state index in [1.165, 1.54) is 0 Å². The van der Waals surface area contributed by atoms with Gasteiger partial charge in [0.05, 0.1) is 0 Å². The fraction of sp³-hybridized carbons (Fsp3) is 0. The zero-order chi connectivity index (χ0) is 28.6. The van der Waals surface area contributed by atoms with E-state index in [9.17, 15) is 0 Å². The van der Waals surface area contributed by atoms with E-state index in [4.69, 9.17) is 123 Å². The normalized spacial score (nSPS) is 4.68. The Morgan fingerprint density at radius 2 is 0.244 bits per heavy atom. The molecule has 0 aromatic rings. The zero-order valence-corrected chi connectivity index (χ0v) is 40.7. The molecule has 0 aromatic carbocycles. The molecule has 210 valence electrons. The van der Waals surface area contributed by atoms with Crippen molar-refractivity contribution in [2.75, 3.05) is 0 Å². The third-order valence-electron chi connectivity index (χ3n) is 0. The third-order valence-corrected chi connectivity index (χ3v) is 0. The maximum atomic E-state index is 8.36. The van der Waals surface area contributed by atoms with Gasteiger partial charge in [-0.3, -0.25) is 0 Å². The van der Waals surface area contributed by atoms with Gasteiger partial charge in [0.25, 0.3) is 40.7 Å². The van der Waals surface area contributed by atoms with Crippen LogP contribution >= 0.6 is 0 Å². The summed E-state index contributed by atoms with van der Waals surface area (Å²) in [6.45, 7) is 0. The standard InChI is InChI=1S/8HNO3.9Na.9H/c8*2-1(3)4;;;;;;;;;;;;;;;;;;/h8*(H,2,3,4);;;;;;;;;;;;;;;;;;/q;;;;;;;;9*+1;9*-1. The Bertz CT molecular complexity index is 419. The summed E-state index contributed by atoms with van der Waals surface area (Å²) in [6, 6.07) is 0. The average molecular weight is 720 g/mol. The van der Waals surface area contributed by atoms with Crippen LogP contribution in [0.5, 0.6) is 0 Å². The maximum Gasteiger partial charge on any atom is 1.00 e. The SMILES string of the molecule is O=[N+]([O-])O.O=[N+]([O-])O.O=[N+]([O-])O.O=[N+]([O-])O.O=[N+]([O-])O.O=[N+]([O-])O.O=[N+]([O-])O.O=[N+]([O-])O.[H-].[H-].[H-].[H-].[H-].[H-].[H-].[H-].[H-].[Na+].[Na+].[Na+].[Na+].[Na+].[Na+].[Na+].[Na+].[Na+]. The monoisotopic (exact) mass is 720 g/mol. The molecule has 8 N–H and O–H groups in total. The molecule has 0 spiro atoms. The molecule has 0 amide bonds. The molecular weight excluding hydrogens is 703 g/mol. The summed E-state index contributed by atoms with van der Waals surface area (Å²) < 4.78 is 0. The molecule has 0 aliphatic rings. The van der Waals surface area contributed by atoms with Crippen LogP contribution in [0.3, 0.4) is 0 Å². The van der Waals surface area contributed by atoms with Gasteiger partial charge in [-0.05, 0) is 0 Å². The predicted molar refractivity (Wildman–Crippen MR) is 80.3 cm³/mol. The molecule has 41 heavy (non-hydrogen) atoms. The van der Waals surface area contributed by atoms with Gasteiger partial charge in [0.2, 0.25) is 0 Å². The van der Waals surface area contributed by atoms with E-state index in [0.717, 1.165) is 0 Å². The first-order valence-corrected chi connectivity index (χ1v) is 4.52. The van der Waals surface area contributed by atoms with E-state index in [1.807, 2.05) is 0 Å². The second-order valence-corrected chi connectivity index (χ2v) is 1.90. The van der Waals surface area contributed by atoms with Gasteiger partial charge in [-0.25, -0.2) is 0 Å². The minimum atomic E-state index is -1.50. The van der Waals surface area contributed by atoms with E-state index < -0.39 is 40.7 Å². The second kappa shape index (κ2) is 104. The summed E-state index contributed by atoms with van der Waals surface area (Å²) in [4.78, 5) is 66.9. The summed E-state index contributed by atoms with van der Waals surface area (Å²) >= 11 is 0. The number of hydrogen-bond acceptors (Lipinski definition) is 16. The van der Waals surface area contributed by atoms with Crippen LogP contribution in [0.2, 0.25) is 0 Å². The Kier molecular flexibility index (Phi) is 284. The van der Waals surface area contributed by atoms with Crippen molar-refractivity contribution in [3.8, 4) is 0 Å². The van der Waals surface area contributed by atoms with Crippen molar-refractivity contribution in [2.45, 2.75) is 0 Å². The second-order valence-electron chi connectivity index (χ2n) is 1.90. The third kappa shape index (κ3) is 10400. The molecule has 0 rings (SSSR count). The van der Waals surface area contributed by atoms with Gasteiger partial charge in [-0.2, -0.15) is 0 Å². The minimum Gasteiger partial charge on any atom is -1.00 e. The van der Waals surface area contributed by atoms with Crippen molar-refractivity contribution >= 4 is 0 Å². The van der Waals surface area contributed by atoms with Crippen LogP contribution in [-0.2, 0) is 0 Å². The summed E-state index contributed by atoms with van der Waals surface area (Å²) in [7, 11) is 0. The smallest absolute Gasteiger partial charge is 1.00 e. The summed E-state index contributed by atoms with van der Waals surface area (Å²) in [5.41, 5.74) is 0. The average Bonchev–Trinajstić information content (AvgIpc) is 2.30. The zero-order valence-electron chi connectivity index (χ0n) is 31.7. The van der Waals surface area contributed by atoms with Crippen LogP contribution in [0.4, 0.5) is 0 Å². The topological polar surface area (TPSA) is 507 Å². The number of rotatable bonds is 0. The molecule has 0 aliphatic carbocycles. The summed E-state index contributed by atoms with van der Waals surface area (Å²) in [5.74, 6) is 0. The Labute approximate surface area is 434 Å². The molecule has 0 radical (unpaired) electrons. The van der Waals surface area contributed by atoms with Crippen LogP contribution < -0.4 is 266 Å². The molecule has 41 heteroatoms. The van der Waals surface area contributed by atoms with E-state index >= 15 is 0 Å². The fourth-order valence-electron chi connectivity index (χ4n) is 0. The first kappa shape index (κ1) is 112. The summed E-state index contributed by atoms with van der Waals surface area (Å²) in [6.07, 6.45) is 0. The van der Waals surface area contributed by atoms with Crippen molar-refractivity contribution in [3.63, 3.8) is 0 Å². The molecule has 0 saturated carbocycles. The number of nitrogens with zero attached hydrogens (tertiary/aromatic N) is 8. The Morgan fingerprint density at radius 3 is 0.244 bits per heavy atom. The van der Waals surface area contributed by atoms with Gasteiger partial charge < -0.3 is 54.5 Å². The van der Waals surface area contributed by atoms with Gasteiger partial charge in [0.1, 0.15) is 0 Å². The van der Waals surface area contributed by atoms with E-state index in [1.54, 1.807) is 0 Å². The molecule has 0 unspecified atom stereocenters. The van der Waals surface area contributed by atoms with Crippen molar-refractivity contribution in [1.29, 1.82) is 0 Å². The van der Waals surface area contributed by atoms with E-state index in [-0.39, 0.29) is 279 Å². The Hall–Kier alpha value is 2.60. The molecule has 0 fully saturated rings.